The average Bonchev–Trinajstić information content (AvgIpc) is 3.38. The largest absolute Gasteiger partial charge is 0.481 e. The highest BCUT2D eigenvalue weighted by atomic mass is 35.5. The van der Waals surface area contributed by atoms with Crippen LogP contribution in [0.3, 0.4) is 0 Å². The number of hydrogen-bond acceptors (Lipinski definition) is 5. The Morgan fingerprint density at radius 1 is 1.02 bits per heavy atom. The first-order chi connectivity index (χ1) is 19.8. The lowest BCUT2D eigenvalue weighted by Crippen LogP contribution is -2.41. The first-order valence-corrected chi connectivity index (χ1v) is 14.7. The zero-order valence-electron chi connectivity index (χ0n) is 22.8. The van der Waals surface area contributed by atoms with E-state index in [1.54, 1.807) is 13.3 Å². The molecule has 0 saturated carbocycles. The second kappa shape index (κ2) is 11.6. The van der Waals surface area contributed by atoms with Gasteiger partial charge in [-0.1, -0.05) is 59.1 Å². The number of methoxy groups -OCH3 is 1. The first-order valence-electron chi connectivity index (χ1n) is 13.6. The summed E-state index contributed by atoms with van der Waals surface area (Å²) in [5, 5.41) is 4.81. The van der Waals surface area contributed by atoms with E-state index in [9.17, 15) is 4.79 Å². The SMILES string of the molecule is COc1nc(-c2cccc(-c3ccnc(-c4cc(Cl)c5c(c4)CCN(C[C@@H]4CCC(=O)N4)C5)c3Cl)c2Cl)ccc1C. The fourth-order valence-electron chi connectivity index (χ4n) is 5.75. The summed E-state index contributed by atoms with van der Waals surface area (Å²) < 4.78 is 5.42. The Labute approximate surface area is 254 Å². The van der Waals surface area contributed by atoms with Crippen LogP contribution in [0.4, 0.5) is 0 Å². The van der Waals surface area contributed by atoms with E-state index in [-0.39, 0.29) is 11.9 Å². The molecule has 1 amide bonds. The Hall–Kier alpha value is -3.16. The highest BCUT2D eigenvalue weighted by Gasteiger charge is 2.27. The smallest absolute Gasteiger partial charge is 0.220 e. The number of benzene rings is 2. The van der Waals surface area contributed by atoms with E-state index in [1.807, 2.05) is 49.4 Å². The number of nitrogens with zero attached hydrogens (tertiary/aromatic N) is 3. The van der Waals surface area contributed by atoms with E-state index in [4.69, 9.17) is 39.5 Å². The molecule has 210 valence electrons. The average molecular weight is 608 g/mol. The molecule has 6 rings (SSSR count). The Balaban J connectivity index is 1.31. The van der Waals surface area contributed by atoms with E-state index >= 15 is 0 Å². The zero-order valence-corrected chi connectivity index (χ0v) is 25.1. The fourth-order valence-corrected chi connectivity index (χ4v) is 6.70. The third-order valence-corrected chi connectivity index (χ3v) is 9.03. The maximum absolute atomic E-state index is 11.6. The van der Waals surface area contributed by atoms with Crippen molar-refractivity contribution in [1.29, 1.82) is 0 Å². The van der Waals surface area contributed by atoms with Crippen LogP contribution in [0.1, 0.15) is 29.5 Å². The Kier molecular flexibility index (Phi) is 7.92. The molecule has 2 aliphatic heterocycles. The van der Waals surface area contributed by atoms with Crippen molar-refractivity contribution < 1.29 is 9.53 Å². The number of rotatable bonds is 6. The van der Waals surface area contributed by atoms with E-state index < -0.39 is 0 Å². The molecule has 4 heterocycles. The lowest BCUT2D eigenvalue weighted by molar-refractivity contribution is -0.119. The van der Waals surface area contributed by atoms with Gasteiger partial charge in [0.05, 0.1) is 28.5 Å². The van der Waals surface area contributed by atoms with E-state index in [0.717, 1.165) is 71.6 Å². The van der Waals surface area contributed by atoms with Crippen LogP contribution >= 0.6 is 34.8 Å². The van der Waals surface area contributed by atoms with Gasteiger partial charge in [0.2, 0.25) is 11.8 Å². The van der Waals surface area contributed by atoms with Crippen LogP contribution in [0.25, 0.3) is 33.6 Å². The van der Waals surface area contributed by atoms with Crippen LogP contribution in [-0.4, -0.2) is 47.0 Å². The van der Waals surface area contributed by atoms with Crippen LogP contribution in [0.15, 0.2) is 54.7 Å². The summed E-state index contributed by atoms with van der Waals surface area (Å²) in [5.74, 6) is 0.702. The molecule has 6 nitrogen and oxygen atoms in total. The summed E-state index contributed by atoms with van der Waals surface area (Å²) >= 11 is 20.9. The number of carbonyl (C=O) groups is 1. The number of aryl methyl sites for hydroxylation is 1. The van der Waals surface area contributed by atoms with Crippen molar-refractivity contribution in [2.75, 3.05) is 20.2 Å². The second-order valence-electron chi connectivity index (χ2n) is 10.6. The first kappa shape index (κ1) is 28.0. The molecular weight excluding hydrogens is 579 g/mol. The van der Waals surface area contributed by atoms with Gasteiger partial charge in [0, 0.05) is 71.1 Å². The molecule has 0 bridgehead atoms. The normalized spacial score (nSPS) is 16.9. The van der Waals surface area contributed by atoms with E-state index in [0.29, 0.717) is 33.1 Å². The van der Waals surface area contributed by atoms with Crippen LogP contribution in [0.2, 0.25) is 15.1 Å². The number of hydrogen-bond donors (Lipinski definition) is 1. The molecule has 1 fully saturated rings. The lowest BCUT2D eigenvalue weighted by atomic mass is 9.94. The summed E-state index contributed by atoms with van der Waals surface area (Å²) in [7, 11) is 1.61. The van der Waals surface area contributed by atoms with Gasteiger partial charge in [0.1, 0.15) is 0 Å². The van der Waals surface area contributed by atoms with Crippen LogP contribution in [0, 0.1) is 6.92 Å². The third-order valence-electron chi connectivity index (χ3n) is 7.90. The maximum Gasteiger partial charge on any atom is 0.220 e. The van der Waals surface area contributed by atoms with Crippen molar-refractivity contribution in [2.45, 2.75) is 38.8 Å². The Morgan fingerprint density at radius 2 is 1.83 bits per heavy atom. The van der Waals surface area contributed by atoms with Crippen molar-refractivity contribution >= 4 is 40.7 Å². The lowest BCUT2D eigenvalue weighted by Gasteiger charge is -2.31. The minimum atomic E-state index is 0.141. The minimum absolute atomic E-state index is 0.141. The molecule has 2 aromatic heterocycles. The van der Waals surface area contributed by atoms with Crippen molar-refractivity contribution in [2.24, 2.45) is 0 Å². The summed E-state index contributed by atoms with van der Waals surface area (Å²) in [4.78, 5) is 23.3. The molecule has 1 N–H and O–H groups in total. The summed E-state index contributed by atoms with van der Waals surface area (Å²) in [6.45, 7) is 4.44. The van der Waals surface area contributed by atoms with Gasteiger partial charge >= 0.3 is 0 Å². The van der Waals surface area contributed by atoms with Crippen molar-refractivity contribution in [3.8, 4) is 39.5 Å². The minimum Gasteiger partial charge on any atom is -0.481 e. The third kappa shape index (κ3) is 5.54. The molecule has 1 saturated heterocycles. The maximum atomic E-state index is 11.6. The monoisotopic (exact) mass is 606 g/mol. The van der Waals surface area contributed by atoms with Crippen LogP contribution in [-0.2, 0) is 17.8 Å². The van der Waals surface area contributed by atoms with Gasteiger partial charge in [0.15, 0.2) is 0 Å². The molecule has 0 radical (unpaired) electrons. The molecule has 0 unspecified atom stereocenters. The van der Waals surface area contributed by atoms with E-state index in [2.05, 4.69) is 26.3 Å². The quantitative estimate of drug-likeness (QED) is 0.248. The van der Waals surface area contributed by atoms with Gasteiger partial charge in [-0.2, -0.15) is 0 Å². The zero-order chi connectivity index (χ0) is 28.7. The molecule has 1 atom stereocenters. The summed E-state index contributed by atoms with van der Waals surface area (Å²) in [6.07, 6.45) is 4.11. The van der Waals surface area contributed by atoms with Gasteiger partial charge in [0.25, 0.3) is 0 Å². The molecule has 9 heteroatoms. The van der Waals surface area contributed by atoms with Gasteiger partial charge in [-0.25, -0.2) is 4.98 Å². The predicted molar refractivity (Wildman–Crippen MR) is 165 cm³/mol. The highest BCUT2D eigenvalue weighted by Crippen LogP contribution is 2.42. The molecule has 4 aromatic rings. The number of nitrogens with one attached hydrogen (secondary N) is 1. The number of halogens is 3. The number of ether oxygens (including phenoxy) is 1. The van der Waals surface area contributed by atoms with Gasteiger partial charge < -0.3 is 10.1 Å². The van der Waals surface area contributed by atoms with Gasteiger partial charge in [-0.3, -0.25) is 14.7 Å². The van der Waals surface area contributed by atoms with Crippen molar-refractivity contribution in [3.05, 3.63) is 86.5 Å². The molecule has 2 aromatic carbocycles. The number of carbonyl (C=O) groups excluding carboxylic acids is 1. The predicted octanol–water partition coefficient (Wildman–Crippen LogP) is 7.39. The summed E-state index contributed by atoms with van der Waals surface area (Å²) in [5.41, 5.74) is 7.86. The molecule has 2 aliphatic rings. The van der Waals surface area contributed by atoms with Crippen LogP contribution in [0.5, 0.6) is 5.88 Å². The second-order valence-corrected chi connectivity index (χ2v) is 11.8. The standard InChI is InChI=1S/C32H29Cl3N4O2/c1-18-6-8-27(38-32(18)41-2)24-5-3-4-22(29(24)34)23-10-12-36-31(30(23)35)20-14-19-11-13-39(17-25(19)26(33)15-20)16-21-7-9-28(40)37-21/h3-6,8,10,12,14-15,21H,7,9,11,13,16-17H2,1-2H3,(H,37,40)/t21-/m0/s1. The number of amides is 1. The Morgan fingerprint density at radius 3 is 2.61 bits per heavy atom. The van der Waals surface area contributed by atoms with Crippen LogP contribution < -0.4 is 10.1 Å². The summed E-state index contributed by atoms with van der Waals surface area (Å²) in [6, 6.07) is 15.9. The molecule has 0 aliphatic carbocycles. The van der Waals surface area contributed by atoms with Crippen molar-refractivity contribution in [1.82, 2.24) is 20.2 Å². The fraction of sp³-hybridized carbons (Fsp3) is 0.281. The van der Waals surface area contributed by atoms with Gasteiger partial charge in [-0.15, -0.1) is 0 Å². The Bertz CT molecular complexity index is 1660. The highest BCUT2D eigenvalue weighted by molar-refractivity contribution is 6.39. The van der Waals surface area contributed by atoms with E-state index in [1.165, 1.54) is 5.56 Å². The topological polar surface area (TPSA) is 67.4 Å². The van der Waals surface area contributed by atoms with Crippen molar-refractivity contribution in [3.63, 3.8) is 0 Å². The molecule has 41 heavy (non-hydrogen) atoms. The number of pyridine rings is 2. The van der Waals surface area contributed by atoms with Gasteiger partial charge in [-0.05, 0) is 55.2 Å². The molecular formula is C32H29Cl3N4O2. The molecule has 0 spiro atoms. The number of aromatic nitrogens is 2. The number of fused-ring (bicyclic) bond motifs is 1.